The highest BCUT2D eigenvalue weighted by molar-refractivity contribution is 5.46. The number of pyridine rings is 2. The van der Waals surface area contributed by atoms with E-state index in [0.717, 1.165) is 29.5 Å². The molecule has 1 atom stereocenters. The van der Waals surface area contributed by atoms with Gasteiger partial charge in [0.15, 0.2) is 0 Å². The Kier molecular flexibility index (Phi) is 6.41. The van der Waals surface area contributed by atoms with Gasteiger partial charge in [-0.3, -0.25) is 0 Å². The van der Waals surface area contributed by atoms with Crippen molar-refractivity contribution >= 4 is 11.6 Å². The third-order valence-corrected chi connectivity index (χ3v) is 5.36. The second kappa shape index (κ2) is 8.96. The summed E-state index contributed by atoms with van der Waals surface area (Å²) < 4.78 is 0. The second-order valence-corrected chi connectivity index (χ2v) is 7.03. The van der Waals surface area contributed by atoms with Gasteiger partial charge in [0.05, 0.1) is 11.7 Å². The lowest BCUT2D eigenvalue weighted by molar-refractivity contribution is 0.312. The van der Waals surface area contributed by atoms with Crippen LogP contribution in [0.2, 0.25) is 0 Å². The molecule has 1 aliphatic rings. The van der Waals surface area contributed by atoms with Crippen molar-refractivity contribution in [3.8, 4) is 0 Å². The van der Waals surface area contributed by atoms with E-state index >= 15 is 0 Å². The molecule has 140 valence electrons. The molecule has 2 heterocycles. The minimum atomic E-state index is -0.0727. The molecule has 0 aromatic carbocycles. The van der Waals surface area contributed by atoms with Gasteiger partial charge < -0.3 is 21.7 Å². The molecule has 0 bridgehead atoms. The highest BCUT2D eigenvalue weighted by Crippen LogP contribution is 2.26. The van der Waals surface area contributed by atoms with Gasteiger partial charge in [-0.2, -0.15) is 0 Å². The predicted molar refractivity (Wildman–Crippen MR) is 107 cm³/mol. The quantitative estimate of drug-likeness (QED) is 0.611. The summed E-state index contributed by atoms with van der Waals surface area (Å²) in [7, 11) is 3.98. The van der Waals surface area contributed by atoms with E-state index in [1.54, 1.807) is 6.20 Å². The number of rotatable bonds is 7. The maximum atomic E-state index is 6.05. The van der Waals surface area contributed by atoms with Crippen LogP contribution in [0, 0.1) is 5.92 Å². The number of nitrogens with one attached hydrogen (secondary N) is 3. The number of hydrogen-bond acceptors (Lipinski definition) is 6. The maximum Gasteiger partial charge on any atom is 0.128 e. The molecular formula is C20H30N6. The van der Waals surface area contributed by atoms with E-state index in [1.165, 1.54) is 25.7 Å². The minimum absolute atomic E-state index is 0.0727. The average Bonchev–Trinajstić information content (AvgIpc) is 2.69. The van der Waals surface area contributed by atoms with Crippen LogP contribution in [0.15, 0.2) is 36.5 Å². The first kappa shape index (κ1) is 18.6. The first-order valence-electron chi connectivity index (χ1n) is 9.47. The zero-order valence-electron chi connectivity index (χ0n) is 15.7. The van der Waals surface area contributed by atoms with Crippen molar-refractivity contribution in [3.63, 3.8) is 0 Å². The number of anilines is 2. The molecule has 26 heavy (non-hydrogen) atoms. The average molecular weight is 355 g/mol. The number of nitrogen functional groups attached to an aromatic ring is 1. The third-order valence-electron chi connectivity index (χ3n) is 5.36. The lowest BCUT2D eigenvalue weighted by atomic mass is 9.86. The summed E-state index contributed by atoms with van der Waals surface area (Å²) in [6, 6.07) is 10.6. The molecule has 5 N–H and O–H groups in total. The highest BCUT2D eigenvalue weighted by Gasteiger charge is 2.20. The molecule has 1 unspecified atom stereocenters. The summed E-state index contributed by atoms with van der Waals surface area (Å²) in [4.78, 5) is 9.00. The van der Waals surface area contributed by atoms with Gasteiger partial charge in [0.1, 0.15) is 11.6 Å². The molecule has 1 fully saturated rings. The van der Waals surface area contributed by atoms with E-state index < -0.39 is 0 Å². The highest BCUT2D eigenvalue weighted by atomic mass is 15.0. The SMILES string of the molecule is CNC1CCC(CNc2cccc(C(NC)c3cccnc3N)n2)CC1. The first-order valence-corrected chi connectivity index (χ1v) is 9.47. The van der Waals surface area contributed by atoms with Crippen molar-refractivity contribution in [1.82, 2.24) is 20.6 Å². The van der Waals surface area contributed by atoms with Gasteiger partial charge in [0.2, 0.25) is 0 Å². The van der Waals surface area contributed by atoms with Crippen LogP contribution in [0.1, 0.15) is 43.0 Å². The summed E-state index contributed by atoms with van der Waals surface area (Å²) in [5.41, 5.74) is 7.94. The van der Waals surface area contributed by atoms with Gasteiger partial charge in [-0.25, -0.2) is 9.97 Å². The smallest absolute Gasteiger partial charge is 0.128 e. The summed E-state index contributed by atoms with van der Waals surface area (Å²) in [6.07, 6.45) is 6.77. The molecule has 6 heteroatoms. The molecule has 2 aromatic heterocycles. The van der Waals surface area contributed by atoms with Crippen molar-refractivity contribution < 1.29 is 0 Å². The topological polar surface area (TPSA) is 87.9 Å². The first-order chi connectivity index (χ1) is 12.7. The van der Waals surface area contributed by atoms with Crippen LogP contribution in [0.5, 0.6) is 0 Å². The van der Waals surface area contributed by atoms with Crippen LogP contribution in [0.4, 0.5) is 11.6 Å². The van der Waals surface area contributed by atoms with Crippen LogP contribution in [-0.4, -0.2) is 36.6 Å². The summed E-state index contributed by atoms with van der Waals surface area (Å²) in [5.74, 6) is 2.17. The van der Waals surface area contributed by atoms with Crippen molar-refractivity contribution in [2.45, 2.75) is 37.8 Å². The molecule has 6 nitrogen and oxygen atoms in total. The van der Waals surface area contributed by atoms with E-state index in [-0.39, 0.29) is 6.04 Å². The van der Waals surface area contributed by atoms with Crippen molar-refractivity contribution in [3.05, 3.63) is 47.8 Å². The fraction of sp³-hybridized carbons (Fsp3) is 0.500. The number of hydrogen-bond donors (Lipinski definition) is 4. The lowest BCUT2D eigenvalue weighted by Gasteiger charge is -2.28. The zero-order chi connectivity index (χ0) is 18.4. The van der Waals surface area contributed by atoms with Crippen LogP contribution in [0.3, 0.4) is 0 Å². The van der Waals surface area contributed by atoms with Gasteiger partial charge >= 0.3 is 0 Å². The minimum Gasteiger partial charge on any atom is -0.383 e. The Labute approximate surface area is 156 Å². The van der Waals surface area contributed by atoms with Gasteiger partial charge in [-0.1, -0.05) is 12.1 Å². The van der Waals surface area contributed by atoms with Crippen LogP contribution < -0.4 is 21.7 Å². The van der Waals surface area contributed by atoms with E-state index in [9.17, 15) is 0 Å². The Morgan fingerprint density at radius 3 is 2.62 bits per heavy atom. The molecule has 0 radical (unpaired) electrons. The molecule has 1 aliphatic carbocycles. The molecule has 0 spiro atoms. The standard InChI is InChI=1S/C20H30N6/c1-22-15-10-8-14(9-11-15)13-25-18-7-3-6-17(26-18)19(23-2)16-5-4-12-24-20(16)21/h3-7,12,14-15,19,22-23H,8-11,13H2,1-2H3,(H2,21,24)(H,25,26). The zero-order valence-corrected chi connectivity index (χ0v) is 15.7. The number of nitrogens with two attached hydrogens (primary N) is 1. The predicted octanol–water partition coefficient (Wildman–Crippen LogP) is 2.56. The van der Waals surface area contributed by atoms with E-state index in [0.29, 0.717) is 11.9 Å². The Hall–Kier alpha value is -2.18. The van der Waals surface area contributed by atoms with Crippen molar-refractivity contribution in [2.75, 3.05) is 31.7 Å². The number of aromatic nitrogens is 2. The molecule has 0 saturated heterocycles. The van der Waals surface area contributed by atoms with Gasteiger partial charge in [0.25, 0.3) is 0 Å². The summed E-state index contributed by atoms with van der Waals surface area (Å²) in [6.45, 7) is 0.978. The molecule has 0 amide bonds. The third kappa shape index (κ3) is 4.51. The van der Waals surface area contributed by atoms with Gasteiger partial charge in [-0.05, 0) is 63.9 Å². The lowest BCUT2D eigenvalue weighted by Crippen LogP contribution is -2.32. The molecule has 1 saturated carbocycles. The van der Waals surface area contributed by atoms with Crippen molar-refractivity contribution in [2.24, 2.45) is 5.92 Å². The fourth-order valence-electron chi connectivity index (χ4n) is 3.75. The monoisotopic (exact) mass is 354 g/mol. The Balaban J connectivity index is 1.65. The largest absolute Gasteiger partial charge is 0.383 e. The van der Waals surface area contributed by atoms with E-state index in [4.69, 9.17) is 10.7 Å². The Bertz CT molecular complexity index is 696. The van der Waals surface area contributed by atoms with Crippen molar-refractivity contribution in [1.29, 1.82) is 0 Å². The summed E-state index contributed by atoms with van der Waals surface area (Å²) in [5, 5.41) is 10.2. The molecular weight excluding hydrogens is 324 g/mol. The Morgan fingerprint density at radius 2 is 1.92 bits per heavy atom. The molecule has 2 aromatic rings. The maximum absolute atomic E-state index is 6.05. The van der Waals surface area contributed by atoms with E-state index in [1.807, 2.05) is 37.4 Å². The molecule has 0 aliphatic heterocycles. The Morgan fingerprint density at radius 1 is 1.12 bits per heavy atom. The van der Waals surface area contributed by atoms with Gasteiger partial charge in [-0.15, -0.1) is 0 Å². The molecule has 3 rings (SSSR count). The normalized spacial score (nSPS) is 21.3. The van der Waals surface area contributed by atoms with Gasteiger partial charge in [0, 0.05) is 24.3 Å². The fourth-order valence-corrected chi connectivity index (χ4v) is 3.75. The van der Waals surface area contributed by atoms with E-state index in [2.05, 4.69) is 28.0 Å². The number of nitrogens with zero attached hydrogens (tertiary/aromatic N) is 2. The summed E-state index contributed by atoms with van der Waals surface area (Å²) >= 11 is 0. The second-order valence-electron chi connectivity index (χ2n) is 7.03. The van der Waals surface area contributed by atoms with Crippen LogP contribution in [-0.2, 0) is 0 Å². The van der Waals surface area contributed by atoms with Crippen LogP contribution in [0.25, 0.3) is 0 Å². The van der Waals surface area contributed by atoms with Crippen LogP contribution >= 0.6 is 0 Å².